The summed E-state index contributed by atoms with van der Waals surface area (Å²) in [5.74, 6) is 0.223. The molecular weight excluding hydrogens is 186 g/mol. The molecule has 0 radical (unpaired) electrons. The third-order valence-electron chi connectivity index (χ3n) is 1.70. The minimum absolute atomic E-state index is 0.0666. The third kappa shape index (κ3) is 1.62. The molecular formula is C9H7NO2S. The van der Waals surface area contributed by atoms with Gasteiger partial charge in [-0.3, -0.25) is 4.79 Å². The van der Waals surface area contributed by atoms with Crippen molar-refractivity contribution in [3.8, 4) is 17.0 Å². The summed E-state index contributed by atoms with van der Waals surface area (Å²) in [6, 6.07) is 6.69. The molecule has 4 heteroatoms. The monoisotopic (exact) mass is 193 g/mol. The van der Waals surface area contributed by atoms with Crippen LogP contribution >= 0.6 is 11.3 Å². The average molecular weight is 193 g/mol. The van der Waals surface area contributed by atoms with Crippen molar-refractivity contribution in [3.05, 3.63) is 39.3 Å². The molecule has 1 heterocycles. The fourth-order valence-corrected chi connectivity index (χ4v) is 1.65. The molecule has 2 N–H and O–H groups in total. The van der Waals surface area contributed by atoms with Crippen LogP contribution in [0.5, 0.6) is 5.75 Å². The number of aromatic amines is 1. The van der Waals surface area contributed by atoms with Crippen LogP contribution in [0.25, 0.3) is 11.3 Å². The first-order valence-electron chi connectivity index (χ1n) is 3.73. The van der Waals surface area contributed by atoms with Gasteiger partial charge in [0.05, 0.1) is 5.69 Å². The maximum absolute atomic E-state index is 10.8. The van der Waals surface area contributed by atoms with Crippen LogP contribution in [0.1, 0.15) is 0 Å². The van der Waals surface area contributed by atoms with Gasteiger partial charge in [0.25, 0.3) is 0 Å². The molecule has 66 valence electrons. The lowest BCUT2D eigenvalue weighted by Crippen LogP contribution is -1.91. The van der Waals surface area contributed by atoms with Gasteiger partial charge in [-0.2, -0.15) is 0 Å². The number of H-pyrrole nitrogens is 1. The molecule has 0 saturated heterocycles. The highest BCUT2D eigenvalue weighted by atomic mass is 32.1. The Bertz CT molecular complexity index is 455. The van der Waals surface area contributed by atoms with Crippen molar-refractivity contribution in [2.24, 2.45) is 0 Å². The molecule has 0 atom stereocenters. The van der Waals surface area contributed by atoms with Gasteiger partial charge in [0.1, 0.15) is 5.75 Å². The summed E-state index contributed by atoms with van der Waals surface area (Å²) in [6.45, 7) is 0. The van der Waals surface area contributed by atoms with Crippen LogP contribution in [-0.4, -0.2) is 10.1 Å². The van der Waals surface area contributed by atoms with Crippen LogP contribution in [0.15, 0.2) is 34.4 Å². The Kier molecular flexibility index (Phi) is 1.90. The van der Waals surface area contributed by atoms with Crippen molar-refractivity contribution in [1.29, 1.82) is 0 Å². The van der Waals surface area contributed by atoms with Crippen molar-refractivity contribution in [2.45, 2.75) is 0 Å². The van der Waals surface area contributed by atoms with Gasteiger partial charge in [0.15, 0.2) is 0 Å². The Morgan fingerprint density at radius 2 is 1.92 bits per heavy atom. The number of rotatable bonds is 1. The van der Waals surface area contributed by atoms with E-state index in [1.54, 1.807) is 29.6 Å². The van der Waals surface area contributed by atoms with E-state index in [9.17, 15) is 4.79 Å². The van der Waals surface area contributed by atoms with E-state index in [4.69, 9.17) is 5.11 Å². The van der Waals surface area contributed by atoms with Crippen LogP contribution in [0.4, 0.5) is 0 Å². The van der Waals surface area contributed by atoms with E-state index in [2.05, 4.69) is 4.98 Å². The van der Waals surface area contributed by atoms with Gasteiger partial charge in [-0.25, -0.2) is 0 Å². The fraction of sp³-hybridized carbons (Fsp3) is 0. The molecule has 0 aliphatic heterocycles. The summed E-state index contributed by atoms with van der Waals surface area (Å²) in [6.07, 6.45) is 0. The van der Waals surface area contributed by atoms with E-state index < -0.39 is 0 Å². The molecule has 3 nitrogen and oxygen atoms in total. The van der Waals surface area contributed by atoms with E-state index in [1.165, 1.54) is 0 Å². The molecule has 0 aliphatic rings. The molecule has 0 amide bonds. The maximum Gasteiger partial charge on any atom is 0.304 e. The second-order valence-electron chi connectivity index (χ2n) is 2.61. The van der Waals surface area contributed by atoms with E-state index in [0.717, 1.165) is 22.6 Å². The van der Waals surface area contributed by atoms with Gasteiger partial charge in [0.2, 0.25) is 0 Å². The number of nitrogens with one attached hydrogen (secondary N) is 1. The van der Waals surface area contributed by atoms with Gasteiger partial charge >= 0.3 is 4.87 Å². The number of phenolic OH excluding ortho intramolecular Hbond substituents is 1. The number of aromatic nitrogens is 1. The van der Waals surface area contributed by atoms with E-state index in [-0.39, 0.29) is 10.6 Å². The first-order valence-corrected chi connectivity index (χ1v) is 4.61. The SMILES string of the molecule is O=c1[nH]c(-c2ccc(O)cc2)cs1. The average Bonchev–Trinajstić information content (AvgIpc) is 2.53. The summed E-state index contributed by atoms with van der Waals surface area (Å²) in [5, 5.41) is 10.8. The summed E-state index contributed by atoms with van der Waals surface area (Å²) in [7, 11) is 0. The van der Waals surface area contributed by atoms with Gasteiger partial charge in [-0.1, -0.05) is 11.3 Å². The van der Waals surface area contributed by atoms with Crippen LogP contribution in [0.2, 0.25) is 0 Å². The van der Waals surface area contributed by atoms with E-state index in [0.29, 0.717) is 0 Å². The Labute approximate surface area is 78.3 Å². The minimum atomic E-state index is -0.0666. The van der Waals surface area contributed by atoms with Crippen molar-refractivity contribution in [1.82, 2.24) is 4.98 Å². The first-order chi connectivity index (χ1) is 6.25. The zero-order valence-corrected chi connectivity index (χ0v) is 7.47. The minimum Gasteiger partial charge on any atom is -0.508 e. The largest absolute Gasteiger partial charge is 0.508 e. The highest BCUT2D eigenvalue weighted by Gasteiger charge is 1.99. The molecule has 0 fully saturated rings. The second kappa shape index (κ2) is 3.06. The molecule has 13 heavy (non-hydrogen) atoms. The molecule has 0 saturated carbocycles. The molecule has 1 aromatic carbocycles. The van der Waals surface area contributed by atoms with Crippen LogP contribution < -0.4 is 4.87 Å². The van der Waals surface area contributed by atoms with Crippen molar-refractivity contribution in [2.75, 3.05) is 0 Å². The van der Waals surface area contributed by atoms with E-state index >= 15 is 0 Å². The molecule has 0 bridgehead atoms. The number of phenols is 1. The highest BCUT2D eigenvalue weighted by Crippen LogP contribution is 2.19. The van der Waals surface area contributed by atoms with Crippen molar-refractivity contribution < 1.29 is 5.11 Å². The van der Waals surface area contributed by atoms with Crippen LogP contribution in [-0.2, 0) is 0 Å². The molecule has 0 unspecified atom stereocenters. The standard InChI is InChI=1S/C9H7NO2S/c11-7-3-1-6(2-4-7)8-5-13-9(12)10-8/h1-5,11H,(H,10,12). The number of thiazole rings is 1. The lowest BCUT2D eigenvalue weighted by Gasteiger charge is -1.96. The first kappa shape index (κ1) is 8.07. The van der Waals surface area contributed by atoms with Crippen molar-refractivity contribution >= 4 is 11.3 Å². The Morgan fingerprint density at radius 3 is 2.46 bits per heavy atom. The van der Waals surface area contributed by atoms with Gasteiger partial charge < -0.3 is 10.1 Å². The third-order valence-corrected chi connectivity index (χ3v) is 2.37. The Morgan fingerprint density at radius 1 is 1.23 bits per heavy atom. The summed E-state index contributed by atoms with van der Waals surface area (Å²) < 4.78 is 0. The van der Waals surface area contributed by atoms with Gasteiger partial charge in [-0.05, 0) is 29.8 Å². The Balaban J connectivity index is 2.47. The van der Waals surface area contributed by atoms with Crippen LogP contribution in [0.3, 0.4) is 0 Å². The summed E-state index contributed by atoms with van der Waals surface area (Å²) >= 11 is 1.13. The number of aromatic hydroxyl groups is 1. The molecule has 0 aliphatic carbocycles. The smallest absolute Gasteiger partial charge is 0.304 e. The lowest BCUT2D eigenvalue weighted by molar-refractivity contribution is 0.475. The fourth-order valence-electron chi connectivity index (χ4n) is 1.06. The zero-order chi connectivity index (χ0) is 9.26. The van der Waals surface area contributed by atoms with E-state index in [1.807, 2.05) is 0 Å². The lowest BCUT2D eigenvalue weighted by atomic mass is 10.2. The van der Waals surface area contributed by atoms with Crippen LogP contribution in [0, 0.1) is 0 Å². The molecule has 1 aromatic heterocycles. The highest BCUT2D eigenvalue weighted by molar-refractivity contribution is 7.07. The number of hydrogen-bond acceptors (Lipinski definition) is 3. The molecule has 0 spiro atoms. The molecule has 2 aromatic rings. The topological polar surface area (TPSA) is 53.1 Å². The maximum atomic E-state index is 10.8. The predicted molar refractivity (Wildman–Crippen MR) is 52.0 cm³/mol. The summed E-state index contributed by atoms with van der Waals surface area (Å²) in [4.78, 5) is 13.5. The molecule has 2 rings (SSSR count). The normalized spacial score (nSPS) is 10.2. The van der Waals surface area contributed by atoms with Gasteiger partial charge in [-0.15, -0.1) is 0 Å². The Hall–Kier alpha value is -1.55. The quantitative estimate of drug-likeness (QED) is 0.725. The second-order valence-corrected chi connectivity index (χ2v) is 3.45. The van der Waals surface area contributed by atoms with Gasteiger partial charge in [0, 0.05) is 5.38 Å². The zero-order valence-electron chi connectivity index (χ0n) is 6.65. The predicted octanol–water partition coefficient (Wildman–Crippen LogP) is 1.81. The number of hydrogen-bond donors (Lipinski definition) is 2. The number of benzene rings is 1. The van der Waals surface area contributed by atoms with Crippen molar-refractivity contribution in [3.63, 3.8) is 0 Å². The summed E-state index contributed by atoms with van der Waals surface area (Å²) in [5.41, 5.74) is 1.69.